The SMILES string of the molecule is Cn1nnc2ccc(Cn3ccc4ncc(-c5cc(NC(=O)[C@@H]6CCCN(C(=O)OC(C)(C)C)C6)ncc5Cl)cc43)cc21. The molecule has 0 unspecified atom stereocenters. The van der Waals surface area contributed by atoms with Crippen LogP contribution in [-0.2, 0) is 23.1 Å². The Morgan fingerprint density at radius 3 is 2.72 bits per heavy atom. The number of piperidine rings is 1. The molecule has 6 rings (SSSR count). The molecule has 0 radical (unpaired) electrons. The third-order valence-electron chi connectivity index (χ3n) is 7.51. The van der Waals surface area contributed by atoms with Gasteiger partial charge in [0.1, 0.15) is 16.9 Å². The summed E-state index contributed by atoms with van der Waals surface area (Å²) in [5.74, 6) is -0.186. The second-order valence-electron chi connectivity index (χ2n) is 11.9. The summed E-state index contributed by atoms with van der Waals surface area (Å²) in [5.41, 5.74) is 5.65. The molecule has 1 atom stereocenters. The van der Waals surface area contributed by atoms with Gasteiger partial charge in [0.05, 0.1) is 27.5 Å². The van der Waals surface area contributed by atoms with Gasteiger partial charge in [0, 0.05) is 56.4 Å². The minimum Gasteiger partial charge on any atom is -0.444 e. The van der Waals surface area contributed by atoms with Crippen LogP contribution in [0.1, 0.15) is 39.2 Å². The zero-order chi connectivity index (χ0) is 30.3. The van der Waals surface area contributed by atoms with Gasteiger partial charge in [-0.15, -0.1) is 5.10 Å². The van der Waals surface area contributed by atoms with Crippen LogP contribution in [0.15, 0.2) is 55.0 Å². The van der Waals surface area contributed by atoms with Crippen molar-refractivity contribution in [3.63, 3.8) is 0 Å². The average Bonchev–Trinajstić information content (AvgIpc) is 3.55. The molecule has 11 nitrogen and oxygen atoms in total. The van der Waals surface area contributed by atoms with Crippen LogP contribution in [-0.4, -0.2) is 65.1 Å². The van der Waals surface area contributed by atoms with Gasteiger partial charge in [-0.3, -0.25) is 9.78 Å². The van der Waals surface area contributed by atoms with E-state index >= 15 is 0 Å². The number of carbonyl (C=O) groups excluding carboxylic acids is 2. The van der Waals surface area contributed by atoms with Crippen LogP contribution >= 0.6 is 11.6 Å². The first-order chi connectivity index (χ1) is 20.5. The number of hydrogen-bond donors (Lipinski definition) is 1. The van der Waals surface area contributed by atoms with E-state index in [1.807, 2.05) is 58.3 Å². The van der Waals surface area contributed by atoms with Crippen molar-refractivity contribution < 1.29 is 14.3 Å². The topological polar surface area (TPSA) is 120 Å². The Labute approximate surface area is 253 Å². The largest absolute Gasteiger partial charge is 0.444 e. The van der Waals surface area contributed by atoms with Crippen molar-refractivity contribution in [2.45, 2.75) is 45.8 Å². The molecule has 0 bridgehead atoms. The number of aromatic nitrogens is 6. The fourth-order valence-electron chi connectivity index (χ4n) is 5.36. The fraction of sp³-hybridized carbons (Fsp3) is 0.355. The van der Waals surface area contributed by atoms with E-state index in [1.165, 1.54) is 6.20 Å². The van der Waals surface area contributed by atoms with Crippen LogP contribution in [0.3, 0.4) is 0 Å². The molecule has 1 saturated heterocycles. The summed E-state index contributed by atoms with van der Waals surface area (Å²) in [6, 6.07) is 11.9. The third-order valence-corrected chi connectivity index (χ3v) is 7.81. The van der Waals surface area contributed by atoms with Gasteiger partial charge in [0.25, 0.3) is 0 Å². The van der Waals surface area contributed by atoms with Crippen LogP contribution in [0, 0.1) is 5.92 Å². The fourth-order valence-corrected chi connectivity index (χ4v) is 5.57. The van der Waals surface area contributed by atoms with E-state index in [0.29, 0.717) is 42.5 Å². The van der Waals surface area contributed by atoms with Crippen LogP contribution in [0.25, 0.3) is 33.2 Å². The number of hydrogen-bond acceptors (Lipinski definition) is 7. The monoisotopic (exact) mass is 600 g/mol. The van der Waals surface area contributed by atoms with Crippen molar-refractivity contribution in [1.29, 1.82) is 0 Å². The van der Waals surface area contributed by atoms with Crippen LogP contribution in [0.4, 0.5) is 10.6 Å². The maximum absolute atomic E-state index is 13.2. The lowest BCUT2D eigenvalue weighted by Crippen LogP contribution is -2.45. The molecule has 5 heterocycles. The number of anilines is 1. The van der Waals surface area contributed by atoms with E-state index in [0.717, 1.165) is 39.6 Å². The molecule has 1 aromatic carbocycles. The van der Waals surface area contributed by atoms with E-state index in [-0.39, 0.29) is 11.8 Å². The van der Waals surface area contributed by atoms with Gasteiger partial charge in [0.2, 0.25) is 5.91 Å². The highest BCUT2D eigenvalue weighted by molar-refractivity contribution is 6.33. The Kier molecular flexibility index (Phi) is 7.51. The van der Waals surface area contributed by atoms with Gasteiger partial charge in [0.15, 0.2) is 0 Å². The minimum atomic E-state index is -0.596. The summed E-state index contributed by atoms with van der Waals surface area (Å²) >= 11 is 6.59. The summed E-state index contributed by atoms with van der Waals surface area (Å²) in [6.45, 7) is 6.98. The number of aryl methyl sites for hydroxylation is 1. The van der Waals surface area contributed by atoms with Crippen molar-refractivity contribution in [1.82, 2.24) is 34.4 Å². The first-order valence-electron chi connectivity index (χ1n) is 14.2. The molecule has 12 heteroatoms. The summed E-state index contributed by atoms with van der Waals surface area (Å²) < 4.78 is 9.40. The molecular weight excluding hydrogens is 568 g/mol. The number of fused-ring (bicyclic) bond motifs is 2. The quantitative estimate of drug-likeness (QED) is 0.276. The molecule has 2 amide bonds. The third kappa shape index (κ3) is 6.17. The highest BCUT2D eigenvalue weighted by atomic mass is 35.5. The highest BCUT2D eigenvalue weighted by Crippen LogP contribution is 2.32. The molecule has 0 aliphatic carbocycles. The summed E-state index contributed by atoms with van der Waals surface area (Å²) in [5, 5.41) is 11.6. The Morgan fingerprint density at radius 1 is 1.07 bits per heavy atom. The van der Waals surface area contributed by atoms with Crippen molar-refractivity contribution in [3.05, 3.63) is 65.6 Å². The Hall–Kier alpha value is -4.51. The first-order valence-corrected chi connectivity index (χ1v) is 14.6. The number of ether oxygens (including phenoxy) is 1. The van der Waals surface area contributed by atoms with E-state index in [4.69, 9.17) is 16.3 Å². The zero-order valence-corrected chi connectivity index (χ0v) is 25.3. The first kappa shape index (κ1) is 28.6. The second kappa shape index (κ2) is 11.3. The molecule has 0 saturated carbocycles. The maximum atomic E-state index is 13.2. The van der Waals surface area contributed by atoms with Crippen LogP contribution < -0.4 is 5.32 Å². The maximum Gasteiger partial charge on any atom is 0.410 e. The summed E-state index contributed by atoms with van der Waals surface area (Å²) in [7, 11) is 1.88. The van der Waals surface area contributed by atoms with E-state index in [1.54, 1.807) is 21.8 Å². The average molecular weight is 601 g/mol. The number of rotatable bonds is 5. The lowest BCUT2D eigenvalue weighted by molar-refractivity contribution is -0.121. The molecule has 5 aromatic rings. The Bertz CT molecular complexity index is 1840. The second-order valence-corrected chi connectivity index (χ2v) is 12.3. The van der Waals surface area contributed by atoms with E-state index in [2.05, 4.69) is 36.2 Å². The molecule has 222 valence electrons. The number of halogens is 1. The van der Waals surface area contributed by atoms with Crippen LogP contribution in [0.5, 0.6) is 0 Å². The Balaban J connectivity index is 1.20. The molecule has 0 spiro atoms. The van der Waals surface area contributed by atoms with Crippen LogP contribution in [0.2, 0.25) is 5.02 Å². The molecule has 1 aliphatic rings. The van der Waals surface area contributed by atoms with Crippen molar-refractivity contribution in [2.75, 3.05) is 18.4 Å². The minimum absolute atomic E-state index is 0.197. The number of pyridine rings is 2. The molecular formula is C31H33ClN8O3. The number of likely N-dealkylation sites (tertiary alicyclic amines) is 1. The van der Waals surface area contributed by atoms with Crippen molar-refractivity contribution in [3.8, 4) is 11.1 Å². The Morgan fingerprint density at radius 2 is 1.91 bits per heavy atom. The molecule has 1 N–H and O–H groups in total. The lowest BCUT2D eigenvalue weighted by Gasteiger charge is -2.33. The van der Waals surface area contributed by atoms with Gasteiger partial charge < -0.3 is 19.5 Å². The summed E-state index contributed by atoms with van der Waals surface area (Å²) in [6.07, 6.45) is 6.30. The zero-order valence-electron chi connectivity index (χ0n) is 24.5. The normalized spacial score (nSPS) is 15.7. The standard InChI is InChI=1S/C31H33ClN8O3/c1-31(2,3)43-30(42)40-10-5-6-20(18-40)29(41)35-28-14-22(23(32)16-34-28)21-13-27-24(33-15-21)9-11-39(27)17-19-7-8-25-26(12-19)38(4)37-36-25/h7-9,11-16,20H,5-6,10,17-18H2,1-4H3,(H,34,35,41)/t20-/m1/s1. The highest BCUT2D eigenvalue weighted by Gasteiger charge is 2.31. The summed E-state index contributed by atoms with van der Waals surface area (Å²) in [4.78, 5) is 36.4. The number of nitrogens with one attached hydrogen (secondary N) is 1. The molecule has 43 heavy (non-hydrogen) atoms. The predicted molar refractivity (Wildman–Crippen MR) is 165 cm³/mol. The van der Waals surface area contributed by atoms with E-state index < -0.39 is 11.7 Å². The number of carbonyl (C=O) groups is 2. The molecule has 4 aromatic heterocycles. The number of nitrogens with zero attached hydrogens (tertiary/aromatic N) is 7. The van der Waals surface area contributed by atoms with Gasteiger partial charge >= 0.3 is 6.09 Å². The number of amides is 2. The predicted octanol–water partition coefficient (Wildman–Crippen LogP) is 5.67. The van der Waals surface area contributed by atoms with Gasteiger partial charge in [-0.05, 0) is 69.5 Å². The van der Waals surface area contributed by atoms with Gasteiger partial charge in [-0.2, -0.15) is 0 Å². The number of benzene rings is 1. The van der Waals surface area contributed by atoms with Crippen molar-refractivity contribution >= 4 is 51.5 Å². The lowest BCUT2D eigenvalue weighted by atomic mass is 9.97. The van der Waals surface area contributed by atoms with Gasteiger partial charge in [-0.25, -0.2) is 14.5 Å². The molecule has 1 aliphatic heterocycles. The van der Waals surface area contributed by atoms with E-state index in [9.17, 15) is 9.59 Å². The van der Waals surface area contributed by atoms with Crippen molar-refractivity contribution in [2.24, 2.45) is 13.0 Å². The van der Waals surface area contributed by atoms with Gasteiger partial charge in [-0.1, -0.05) is 22.9 Å². The molecule has 1 fully saturated rings. The smallest absolute Gasteiger partial charge is 0.410 e.